The monoisotopic (exact) mass is 450 g/mol. The fraction of sp³-hybridized carbons (Fsp3) is 0.174. The van der Waals surface area contributed by atoms with Crippen LogP contribution in [0.5, 0.6) is 0 Å². The minimum absolute atomic E-state index is 0.0470. The second-order valence-corrected chi connectivity index (χ2v) is 8.42. The molecule has 0 saturated heterocycles. The molecule has 0 atom stereocenters. The first kappa shape index (κ1) is 20.3. The Morgan fingerprint density at radius 3 is 2.75 bits per heavy atom. The van der Waals surface area contributed by atoms with E-state index < -0.39 is 5.91 Å². The highest BCUT2D eigenvalue weighted by atomic mass is 32.2. The van der Waals surface area contributed by atoms with Gasteiger partial charge in [0.2, 0.25) is 5.91 Å². The molecule has 2 amide bonds. The molecule has 1 aliphatic heterocycles. The van der Waals surface area contributed by atoms with Crippen molar-refractivity contribution in [1.29, 1.82) is 0 Å². The molecule has 0 fully saturated rings. The standard InChI is InChI=1S/C23H19FN4O3S/c24-16-7-5-14(6-8-16)10-25-21(29)11-28-22(17-12-32-13-18(17)27-28)26-23(30)20-9-15-3-1-2-4-19(15)31-20/h1-9H,10-13H2,(H,25,29)(H,26,30). The minimum atomic E-state index is -0.395. The molecular weight excluding hydrogens is 431 g/mol. The van der Waals surface area contributed by atoms with Crippen LogP contribution in [0, 0.1) is 5.82 Å². The average Bonchev–Trinajstić information content (AvgIpc) is 3.49. The van der Waals surface area contributed by atoms with Crippen molar-refractivity contribution in [2.75, 3.05) is 5.32 Å². The molecule has 4 aromatic rings. The second kappa shape index (κ2) is 8.51. The van der Waals surface area contributed by atoms with E-state index in [0.717, 1.165) is 28.0 Å². The molecule has 5 rings (SSSR count). The van der Waals surface area contributed by atoms with E-state index in [9.17, 15) is 14.0 Å². The molecule has 162 valence electrons. The van der Waals surface area contributed by atoms with Gasteiger partial charge in [0.25, 0.3) is 5.91 Å². The van der Waals surface area contributed by atoms with Crippen molar-refractivity contribution < 1.29 is 18.4 Å². The zero-order valence-corrected chi connectivity index (χ0v) is 17.7. The number of hydrogen-bond donors (Lipinski definition) is 2. The third kappa shape index (κ3) is 4.11. The number of amides is 2. The zero-order valence-electron chi connectivity index (χ0n) is 16.9. The number of halogens is 1. The molecule has 0 bridgehead atoms. The lowest BCUT2D eigenvalue weighted by atomic mass is 10.2. The summed E-state index contributed by atoms with van der Waals surface area (Å²) in [7, 11) is 0. The fourth-order valence-electron chi connectivity index (χ4n) is 3.58. The van der Waals surface area contributed by atoms with Crippen molar-refractivity contribution in [2.45, 2.75) is 24.6 Å². The fourth-order valence-corrected chi connectivity index (χ4v) is 4.61. The number of thioether (sulfide) groups is 1. The normalized spacial score (nSPS) is 12.7. The van der Waals surface area contributed by atoms with Gasteiger partial charge < -0.3 is 15.1 Å². The number of rotatable bonds is 6. The van der Waals surface area contributed by atoms with Crippen LogP contribution in [0.3, 0.4) is 0 Å². The van der Waals surface area contributed by atoms with Gasteiger partial charge in [-0.2, -0.15) is 16.9 Å². The molecule has 0 spiro atoms. The van der Waals surface area contributed by atoms with Gasteiger partial charge in [0.1, 0.15) is 23.8 Å². The summed E-state index contributed by atoms with van der Waals surface area (Å²) in [4.78, 5) is 25.4. The lowest BCUT2D eigenvalue weighted by Gasteiger charge is -2.11. The van der Waals surface area contributed by atoms with E-state index in [1.54, 1.807) is 36.0 Å². The summed E-state index contributed by atoms with van der Waals surface area (Å²) in [6.45, 7) is 0.227. The van der Waals surface area contributed by atoms with Gasteiger partial charge in [0, 0.05) is 29.0 Å². The molecule has 32 heavy (non-hydrogen) atoms. The zero-order chi connectivity index (χ0) is 22.1. The SMILES string of the molecule is O=C(Cn1nc2c(c1NC(=O)c1cc3ccccc3o1)CSC2)NCc1ccc(F)cc1. The predicted octanol–water partition coefficient (Wildman–Crippen LogP) is 4.08. The summed E-state index contributed by atoms with van der Waals surface area (Å²) in [5.74, 6) is 1.16. The molecule has 3 heterocycles. The van der Waals surface area contributed by atoms with Crippen LogP contribution in [-0.4, -0.2) is 21.6 Å². The van der Waals surface area contributed by atoms with Crippen molar-refractivity contribution in [2.24, 2.45) is 0 Å². The van der Waals surface area contributed by atoms with E-state index in [2.05, 4.69) is 15.7 Å². The number of aromatic nitrogens is 2. The molecule has 0 unspecified atom stereocenters. The molecule has 2 N–H and O–H groups in total. The number of furan rings is 1. The van der Waals surface area contributed by atoms with Crippen LogP contribution in [0.15, 0.2) is 59.0 Å². The first-order valence-corrected chi connectivity index (χ1v) is 11.2. The van der Waals surface area contributed by atoms with Gasteiger partial charge in [0.05, 0.1) is 5.69 Å². The van der Waals surface area contributed by atoms with E-state index in [1.807, 2.05) is 18.2 Å². The summed E-state index contributed by atoms with van der Waals surface area (Å²) < 4.78 is 20.2. The molecular formula is C23H19FN4O3S. The highest BCUT2D eigenvalue weighted by Gasteiger charge is 2.26. The van der Waals surface area contributed by atoms with Crippen LogP contribution >= 0.6 is 11.8 Å². The van der Waals surface area contributed by atoms with Gasteiger partial charge in [0.15, 0.2) is 5.76 Å². The van der Waals surface area contributed by atoms with Crippen LogP contribution in [0.2, 0.25) is 0 Å². The summed E-state index contributed by atoms with van der Waals surface area (Å²) in [5, 5.41) is 11.1. The van der Waals surface area contributed by atoms with Crippen molar-refractivity contribution in [3.05, 3.63) is 83.0 Å². The van der Waals surface area contributed by atoms with Gasteiger partial charge in [-0.1, -0.05) is 30.3 Å². The number of carbonyl (C=O) groups excluding carboxylic acids is 2. The Labute approximate surface area is 187 Å². The quantitative estimate of drug-likeness (QED) is 0.462. The molecule has 0 aliphatic carbocycles. The molecule has 0 saturated carbocycles. The Morgan fingerprint density at radius 1 is 1.12 bits per heavy atom. The van der Waals surface area contributed by atoms with Crippen molar-refractivity contribution >= 4 is 40.4 Å². The third-order valence-electron chi connectivity index (χ3n) is 5.20. The van der Waals surface area contributed by atoms with Gasteiger partial charge in [-0.05, 0) is 29.8 Å². The Kier molecular flexibility index (Phi) is 5.40. The predicted molar refractivity (Wildman–Crippen MR) is 120 cm³/mol. The lowest BCUT2D eigenvalue weighted by Crippen LogP contribution is -2.28. The first-order chi connectivity index (χ1) is 15.6. The van der Waals surface area contributed by atoms with Crippen LogP contribution in [-0.2, 0) is 29.4 Å². The van der Waals surface area contributed by atoms with E-state index in [1.165, 1.54) is 16.8 Å². The van der Waals surface area contributed by atoms with E-state index in [4.69, 9.17) is 4.42 Å². The number of para-hydroxylation sites is 1. The topological polar surface area (TPSA) is 89.2 Å². The number of nitrogens with zero attached hydrogens (tertiary/aromatic N) is 2. The minimum Gasteiger partial charge on any atom is -0.451 e. The second-order valence-electron chi connectivity index (χ2n) is 7.43. The Morgan fingerprint density at radius 2 is 1.94 bits per heavy atom. The van der Waals surface area contributed by atoms with Gasteiger partial charge in [-0.25, -0.2) is 9.07 Å². The average molecular weight is 450 g/mol. The van der Waals surface area contributed by atoms with E-state index in [-0.39, 0.29) is 30.6 Å². The van der Waals surface area contributed by atoms with Gasteiger partial charge in [-0.15, -0.1) is 0 Å². The summed E-state index contributed by atoms with van der Waals surface area (Å²) >= 11 is 1.70. The largest absolute Gasteiger partial charge is 0.451 e. The molecule has 9 heteroatoms. The summed E-state index contributed by atoms with van der Waals surface area (Å²) in [5.41, 5.74) is 3.21. The van der Waals surface area contributed by atoms with Crippen LogP contribution in [0.1, 0.15) is 27.4 Å². The number of benzene rings is 2. The first-order valence-electron chi connectivity index (χ1n) is 10.0. The number of nitrogens with one attached hydrogen (secondary N) is 2. The Bertz CT molecular complexity index is 1280. The van der Waals surface area contributed by atoms with E-state index in [0.29, 0.717) is 17.2 Å². The van der Waals surface area contributed by atoms with Gasteiger partial charge in [-0.3, -0.25) is 9.59 Å². The van der Waals surface area contributed by atoms with Crippen molar-refractivity contribution in [1.82, 2.24) is 15.1 Å². The summed E-state index contributed by atoms with van der Waals surface area (Å²) in [6, 6.07) is 15.0. The van der Waals surface area contributed by atoms with E-state index >= 15 is 0 Å². The number of anilines is 1. The molecule has 1 aliphatic rings. The smallest absolute Gasteiger partial charge is 0.292 e. The van der Waals surface area contributed by atoms with Crippen molar-refractivity contribution in [3.8, 4) is 0 Å². The molecule has 7 nitrogen and oxygen atoms in total. The third-order valence-corrected chi connectivity index (χ3v) is 6.17. The highest BCUT2D eigenvalue weighted by molar-refractivity contribution is 7.98. The molecule has 0 radical (unpaired) electrons. The highest BCUT2D eigenvalue weighted by Crippen LogP contribution is 2.35. The van der Waals surface area contributed by atoms with Crippen molar-refractivity contribution in [3.63, 3.8) is 0 Å². The molecule has 2 aromatic heterocycles. The Hall–Kier alpha value is -3.59. The number of carbonyl (C=O) groups is 2. The van der Waals surface area contributed by atoms with Gasteiger partial charge >= 0.3 is 0 Å². The maximum Gasteiger partial charge on any atom is 0.292 e. The maximum atomic E-state index is 13.0. The molecule has 2 aromatic carbocycles. The van der Waals surface area contributed by atoms with Crippen LogP contribution in [0.4, 0.5) is 10.2 Å². The lowest BCUT2D eigenvalue weighted by molar-refractivity contribution is -0.122. The number of fused-ring (bicyclic) bond motifs is 2. The number of hydrogen-bond acceptors (Lipinski definition) is 5. The van der Waals surface area contributed by atoms with Crippen LogP contribution in [0.25, 0.3) is 11.0 Å². The van der Waals surface area contributed by atoms with Crippen LogP contribution < -0.4 is 10.6 Å². The summed E-state index contributed by atoms with van der Waals surface area (Å²) in [6.07, 6.45) is 0. The maximum absolute atomic E-state index is 13.0. The Balaban J connectivity index is 1.32.